The van der Waals surface area contributed by atoms with E-state index in [0.717, 1.165) is 16.2 Å². The number of nitrogens with zero attached hydrogens (tertiary/aromatic N) is 2. The Morgan fingerprint density at radius 2 is 2.11 bits per heavy atom. The van der Waals surface area contributed by atoms with Crippen LogP contribution in [0.25, 0.3) is 21.7 Å². The van der Waals surface area contributed by atoms with E-state index in [9.17, 15) is 4.39 Å². The molecule has 2 heterocycles. The van der Waals surface area contributed by atoms with Crippen LogP contribution >= 0.6 is 11.3 Å². The predicted molar refractivity (Wildman–Crippen MR) is 77.8 cm³/mol. The molecule has 0 saturated carbocycles. The maximum atomic E-state index is 13.9. The smallest absolute Gasteiger partial charge is 0.153 e. The van der Waals surface area contributed by atoms with Gasteiger partial charge in [-0.1, -0.05) is 6.07 Å². The number of nitrogens with two attached hydrogens (primary N) is 1. The summed E-state index contributed by atoms with van der Waals surface area (Å²) in [7, 11) is 0. The predicted octanol–water partition coefficient (Wildman–Crippen LogP) is 4.07. The molecule has 0 spiro atoms. The van der Waals surface area contributed by atoms with Crippen molar-refractivity contribution < 1.29 is 4.39 Å². The van der Waals surface area contributed by atoms with Crippen molar-refractivity contribution in [3.05, 3.63) is 35.5 Å². The minimum absolute atomic E-state index is 0.184. The Kier molecular flexibility index (Phi) is 2.78. The highest BCUT2D eigenvalue weighted by atomic mass is 32.1. The maximum absolute atomic E-state index is 13.9. The summed E-state index contributed by atoms with van der Waals surface area (Å²) in [6.07, 6.45) is 0. The fourth-order valence-electron chi connectivity index (χ4n) is 2.27. The van der Waals surface area contributed by atoms with Gasteiger partial charge in [0.2, 0.25) is 0 Å². The van der Waals surface area contributed by atoms with E-state index in [1.807, 2.05) is 22.1 Å². The van der Waals surface area contributed by atoms with Gasteiger partial charge in [0.05, 0.1) is 16.1 Å². The van der Waals surface area contributed by atoms with Crippen LogP contribution in [0.15, 0.2) is 29.6 Å². The van der Waals surface area contributed by atoms with Crippen LogP contribution in [0.2, 0.25) is 0 Å². The second-order valence-corrected chi connectivity index (χ2v) is 5.63. The first kappa shape index (κ1) is 12.2. The van der Waals surface area contributed by atoms with E-state index < -0.39 is 0 Å². The lowest BCUT2D eigenvalue weighted by Gasteiger charge is -2.12. The Labute approximate surface area is 114 Å². The largest absolute Gasteiger partial charge is 0.397 e. The molecule has 0 aliphatic heterocycles. The summed E-state index contributed by atoms with van der Waals surface area (Å²) >= 11 is 1.52. The van der Waals surface area contributed by atoms with Gasteiger partial charge in [0.15, 0.2) is 11.6 Å². The van der Waals surface area contributed by atoms with Crippen LogP contribution in [0.1, 0.15) is 19.9 Å². The monoisotopic (exact) mass is 275 g/mol. The molecule has 0 aliphatic rings. The number of imidazole rings is 1. The van der Waals surface area contributed by atoms with E-state index in [-0.39, 0.29) is 11.9 Å². The van der Waals surface area contributed by atoms with E-state index in [2.05, 4.69) is 18.8 Å². The van der Waals surface area contributed by atoms with Crippen LogP contribution in [-0.2, 0) is 0 Å². The van der Waals surface area contributed by atoms with Crippen LogP contribution in [-0.4, -0.2) is 9.55 Å². The van der Waals surface area contributed by atoms with Gasteiger partial charge in [-0.3, -0.25) is 0 Å². The molecule has 98 valence electrons. The molecule has 0 bridgehead atoms. The summed E-state index contributed by atoms with van der Waals surface area (Å²) < 4.78 is 15.9. The van der Waals surface area contributed by atoms with Gasteiger partial charge in [-0.2, -0.15) is 0 Å². The van der Waals surface area contributed by atoms with Gasteiger partial charge in [-0.25, -0.2) is 9.37 Å². The topological polar surface area (TPSA) is 43.8 Å². The number of halogens is 1. The minimum Gasteiger partial charge on any atom is -0.397 e. The van der Waals surface area contributed by atoms with Crippen molar-refractivity contribution in [1.29, 1.82) is 0 Å². The van der Waals surface area contributed by atoms with Crippen LogP contribution in [0.4, 0.5) is 10.1 Å². The van der Waals surface area contributed by atoms with Crippen molar-refractivity contribution in [2.45, 2.75) is 19.9 Å². The Balaban J connectivity index is 2.39. The normalized spacial score (nSPS) is 11.6. The summed E-state index contributed by atoms with van der Waals surface area (Å²) in [5.74, 6) is 0.441. The Morgan fingerprint density at radius 1 is 1.32 bits per heavy atom. The third kappa shape index (κ3) is 1.81. The van der Waals surface area contributed by atoms with Crippen LogP contribution < -0.4 is 5.73 Å². The lowest BCUT2D eigenvalue weighted by atomic mass is 10.3. The molecule has 0 fully saturated rings. The molecule has 0 radical (unpaired) electrons. The van der Waals surface area contributed by atoms with E-state index in [4.69, 9.17) is 5.73 Å². The van der Waals surface area contributed by atoms with Gasteiger partial charge >= 0.3 is 0 Å². The number of anilines is 1. The molecule has 0 unspecified atom stereocenters. The number of hydrogen-bond donors (Lipinski definition) is 1. The number of aromatic nitrogens is 2. The molecule has 0 aliphatic carbocycles. The highest BCUT2D eigenvalue weighted by Gasteiger charge is 2.19. The highest BCUT2D eigenvalue weighted by Crippen LogP contribution is 2.35. The molecule has 0 saturated heterocycles. The van der Waals surface area contributed by atoms with Crippen molar-refractivity contribution in [1.82, 2.24) is 9.55 Å². The van der Waals surface area contributed by atoms with Gasteiger partial charge in [0.1, 0.15) is 5.52 Å². The molecule has 19 heavy (non-hydrogen) atoms. The number of hydrogen-bond acceptors (Lipinski definition) is 3. The van der Waals surface area contributed by atoms with E-state index in [1.54, 1.807) is 6.07 Å². The number of para-hydroxylation sites is 1. The third-order valence-electron chi connectivity index (χ3n) is 3.09. The fourth-order valence-corrected chi connectivity index (χ4v) is 3.07. The summed E-state index contributed by atoms with van der Waals surface area (Å²) in [6.45, 7) is 4.11. The number of fused-ring (bicyclic) bond motifs is 1. The molecule has 3 aromatic rings. The quantitative estimate of drug-likeness (QED) is 0.766. The van der Waals surface area contributed by atoms with Crippen LogP contribution in [0, 0.1) is 5.82 Å². The van der Waals surface area contributed by atoms with Gasteiger partial charge in [-0.05, 0) is 37.4 Å². The summed E-state index contributed by atoms with van der Waals surface area (Å²) in [4.78, 5) is 5.35. The standard InChI is InChI=1S/C14H14FN3S/c1-8(2)18-11-5-3-4-9(15)12(11)17-14(18)13-10(16)6-7-19-13/h3-8H,16H2,1-2H3. The maximum Gasteiger partial charge on any atom is 0.153 e. The molecular weight excluding hydrogens is 261 g/mol. The van der Waals surface area contributed by atoms with Crippen molar-refractivity contribution >= 4 is 28.1 Å². The molecule has 0 amide bonds. The first-order chi connectivity index (χ1) is 9.09. The van der Waals surface area contributed by atoms with E-state index >= 15 is 0 Å². The molecule has 1 aromatic carbocycles. The number of benzene rings is 1. The average molecular weight is 275 g/mol. The molecule has 2 aromatic heterocycles. The molecule has 3 nitrogen and oxygen atoms in total. The fraction of sp³-hybridized carbons (Fsp3) is 0.214. The highest BCUT2D eigenvalue weighted by molar-refractivity contribution is 7.14. The van der Waals surface area contributed by atoms with Crippen LogP contribution in [0.3, 0.4) is 0 Å². The molecule has 3 rings (SSSR count). The summed E-state index contributed by atoms with van der Waals surface area (Å²) in [6, 6.07) is 7.06. The van der Waals surface area contributed by atoms with Gasteiger partial charge in [0.25, 0.3) is 0 Å². The lowest BCUT2D eigenvalue weighted by molar-refractivity contribution is 0.623. The molecule has 2 N–H and O–H groups in total. The zero-order valence-corrected chi connectivity index (χ0v) is 11.5. The van der Waals surface area contributed by atoms with Gasteiger partial charge < -0.3 is 10.3 Å². The lowest BCUT2D eigenvalue weighted by Crippen LogP contribution is -2.03. The van der Waals surface area contributed by atoms with Gasteiger partial charge in [-0.15, -0.1) is 11.3 Å². The molecule has 0 atom stereocenters. The average Bonchev–Trinajstić information content (AvgIpc) is 2.92. The first-order valence-corrected chi connectivity index (χ1v) is 6.97. The zero-order chi connectivity index (χ0) is 13.6. The van der Waals surface area contributed by atoms with Gasteiger partial charge in [0, 0.05) is 6.04 Å². The van der Waals surface area contributed by atoms with Crippen LogP contribution in [0.5, 0.6) is 0 Å². The second kappa shape index (κ2) is 4.35. The second-order valence-electron chi connectivity index (χ2n) is 4.71. The molecular formula is C14H14FN3S. The summed E-state index contributed by atoms with van der Waals surface area (Å²) in [5, 5.41) is 1.92. The van der Waals surface area contributed by atoms with Crippen molar-refractivity contribution in [3.8, 4) is 10.7 Å². The van der Waals surface area contributed by atoms with Crippen molar-refractivity contribution in [2.75, 3.05) is 5.73 Å². The Hall–Kier alpha value is -1.88. The molecule has 5 heteroatoms. The minimum atomic E-state index is -0.298. The number of rotatable bonds is 2. The van der Waals surface area contributed by atoms with E-state index in [1.165, 1.54) is 17.4 Å². The third-order valence-corrected chi connectivity index (χ3v) is 4.01. The SMILES string of the molecule is CC(C)n1c(-c2sccc2N)nc2c(F)cccc21. The van der Waals surface area contributed by atoms with Crippen molar-refractivity contribution in [2.24, 2.45) is 0 Å². The number of thiophene rings is 1. The Bertz CT molecular complexity index is 742. The van der Waals surface area contributed by atoms with E-state index in [0.29, 0.717) is 11.2 Å². The zero-order valence-electron chi connectivity index (χ0n) is 10.7. The first-order valence-electron chi connectivity index (χ1n) is 6.09. The van der Waals surface area contributed by atoms with Crippen molar-refractivity contribution in [3.63, 3.8) is 0 Å². The summed E-state index contributed by atoms with van der Waals surface area (Å²) in [5.41, 5.74) is 7.85. The number of nitrogen functional groups attached to an aromatic ring is 1. The Morgan fingerprint density at radius 3 is 2.74 bits per heavy atom.